The molecule has 1 saturated carbocycles. The number of halogens is 2. The van der Waals surface area contributed by atoms with E-state index >= 15 is 0 Å². The molecule has 5 aromatic rings. The maximum Gasteiger partial charge on any atom is 0.209 e. The summed E-state index contributed by atoms with van der Waals surface area (Å²) >= 11 is 12.8. The van der Waals surface area contributed by atoms with Crippen LogP contribution in [-0.4, -0.2) is 34.2 Å². The van der Waals surface area contributed by atoms with Gasteiger partial charge in [-0.3, -0.25) is 4.57 Å². The number of nitrogens with one attached hydrogen (secondary N) is 1. The van der Waals surface area contributed by atoms with Crippen LogP contribution in [0.3, 0.4) is 0 Å². The molecule has 0 atom stereocenters. The van der Waals surface area contributed by atoms with Crippen molar-refractivity contribution < 1.29 is 8.42 Å². The average molecular weight is 593 g/mol. The molecule has 6 rings (SSSR count). The minimum absolute atomic E-state index is 0.0800. The number of hydrogen-bond acceptors (Lipinski definition) is 5. The highest BCUT2D eigenvalue weighted by Crippen LogP contribution is 2.45. The minimum Gasteiger partial charge on any atom is -0.277 e. The summed E-state index contributed by atoms with van der Waals surface area (Å²) < 4.78 is 29.7. The van der Waals surface area contributed by atoms with Gasteiger partial charge in [0.05, 0.1) is 22.5 Å². The Bertz CT molecular complexity index is 1780. The SMILES string of the molecule is CS(=O)(=O)NC1(c2ccccc2)CCC(c2ncnc3c2nc(-c2ccccc2Cl)n3-c2ccc(Cl)cc2)CC1. The lowest BCUT2D eigenvalue weighted by atomic mass is 9.72. The molecule has 0 bridgehead atoms. The number of aromatic nitrogens is 4. The van der Waals surface area contributed by atoms with Gasteiger partial charge in [0.15, 0.2) is 5.65 Å². The van der Waals surface area contributed by atoms with E-state index in [0.29, 0.717) is 39.9 Å². The molecule has 40 heavy (non-hydrogen) atoms. The molecule has 2 heterocycles. The predicted molar refractivity (Wildman–Crippen MR) is 159 cm³/mol. The lowest BCUT2D eigenvalue weighted by molar-refractivity contribution is 0.251. The van der Waals surface area contributed by atoms with Crippen molar-refractivity contribution in [3.8, 4) is 17.1 Å². The fourth-order valence-corrected chi connectivity index (χ4v) is 7.19. The van der Waals surface area contributed by atoms with Gasteiger partial charge in [0, 0.05) is 22.2 Å². The third-order valence-electron chi connectivity index (χ3n) is 7.61. The van der Waals surface area contributed by atoms with Crippen molar-refractivity contribution in [1.29, 1.82) is 0 Å². The maximum atomic E-state index is 12.4. The summed E-state index contributed by atoms with van der Waals surface area (Å²) in [4.78, 5) is 14.5. The van der Waals surface area contributed by atoms with Crippen molar-refractivity contribution >= 4 is 44.4 Å². The zero-order valence-corrected chi connectivity index (χ0v) is 24.1. The molecule has 1 aliphatic carbocycles. The maximum absolute atomic E-state index is 12.4. The predicted octanol–water partition coefficient (Wildman–Crippen LogP) is 6.89. The molecule has 7 nitrogen and oxygen atoms in total. The van der Waals surface area contributed by atoms with E-state index in [0.717, 1.165) is 35.3 Å². The van der Waals surface area contributed by atoms with Crippen LogP contribution in [0.15, 0.2) is 85.2 Å². The Kier molecular flexibility index (Phi) is 7.12. The van der Waals surface area contributed by atoms with Crippen LogP contribution in [0.4, 0.5) is 0 Å². The first-order valence-electron chi connectivity index (χ1n) is 13.0. The van der Waals surface area contributed by atoms with Gasteiger partial charge in [-0.05, 0) is 67.6 Å². The molecule has 0 aliphatic heterocycles. The van der Waals surface area contributed by atoms with Crippen molar-refractivity contribution in [2.75, 3.05) is 6.26 Å². The molecule has 0 spiro atoms. The summed E-state index contributed by atoms with van der Waals surface area (Å²) in [6, 6.07) is 24.9. The number of sulfonamides is 1. The topological polar surface area (TPSA) is 89.8 Å². The van der Waals surface area contributed by atoms with Crippen LogP contribution >= 0.6 is 23.2 Å². The zero-order valence-electron chi connectivity index (χ0n) is 21.8. The number of nitrogens with zero attached hydrogens (tertiary/aromatic N) is 4. The summed E-state index contributed by atoms with van der Waals surface area (Å²) in [6.45, 7) is 0. The standard InChI is InChI=1S/C30H27Cl2N5O2S/c1-40(38,39)36-30(21-7-3-2-4-8-21)17-15-20(16-18-30)26-27-29(34-19-33-26)37(23-13-11-22(31)12-14-23)28(35-27)24-9-5-6-10-25(24)32/h2-14,19-20,36H,15-18H2,1H3. The second kappa shape index (κ2) is 10.6. The second-order valence-corrected chi connectivity index (χ2v) is 12.8. The highest BCUT2D eigenvalue weighted by atomic mass is 35.5. The van der Waals surface area contributed by atoms with Crippen LogP contribution in [0.1, 0.15) is 42.9 Å². The molecular formula is C30H27Cl2N5O2S. The number of benzene rings is 3. The van der Waals surface area contributed by atoms with Gasteiger partial charge in [-0.25, -0.2) is 28.1 Å². The van der Waals surface area contributed by atoms with Crippen molar-refractivity contribution in [1.82, 2.24) is 24.2 Å². The molecule has 1 aliphatic rings. The molecule has 204 valence electrons. The Morgan fingerprint density at radius 2 is 1.57 bits per heavy atom. The fraction of sp³-hybridized carbons (Fsp3) is 0.233. The molecule has 0 saturated heterocycles. The molecule has 2 aromatic heterocycles. The molecule has 0 unspecified atom stereocenters. The van der Waals surface area contributed by atoms with E-state index in [1.807, 2.05) is 83.4 Å². The third-order valence-corrected chi connectivity index (χ3v) is 8.95. The van der Waals surface area contributed by atoms with Crippen molar-refractivity contribution in [3.63, 3.8) is 0 Å². The molecule has 1 fully saturated rings. The molecule has 10 heteroatoms. The Morgan fingerprint density at radius 1 is 0.900 bits per heavy atom. The number of fused-ring (bicyclic) bond motifs is 1. The van der Waals surface area contributed by atoms with E-state index in [4.69, 9.17) is 33.2 Å². The van der Waals surface area contributed by atoms with Crippen LogP contribution in [0.5, 0.6) is 0 Å². The fourth-order valence-electron chi connectivity index (χ4n) is 5.81. The Hall–Kier alpha value is -3.30. The molecule has 3 aromatic carbocycles. The monoisotopic (exact) mass is 591 g/mol. The van der Waals surface area contributed by atoms with Crippen LogP contribution in [-0.2, 0) is 15.6 Å². The van der Waals surface area contributed by atoms with E-state index in [1.54, 1.807) is 6.33 Å². The molecule has 0 radical (unpaired) electrons. The summed E-state index contributed by atoms with van der Waals surface area (Å²) in [5, 5.41) is 1.22. The summed E-state index contributed by atoms with van der Waals surface area (Å²) in [6.07, 6.45) is 5.54. The van der Waals surface area contributed by atoms with Crippen molar-refractivity contribution in [2.45, 2.75) is 37.1 Å². The summed E-state index contributed by atoms with van der Waals surface area (Å²) in [7, 11) is -3.43. The van der Waals surface area contributed by atoms with Crippen LogP contribution < -0.4 is 4.72 Å². The van der Waals surface area contributed by atoms with Crippen molar-refractivity contribution in [2.24, 2.45) is 0 Å². The lowest BCUT2D eigenvalue weighted by Gasteiger charge is -2.40. The summed E-state index contributed by atoms with van der Waals surface area (Å²) in [5.74, 6) is 0.745. The zero-order chi connectivity index (χ0) is 27.9. The van der Waals surface area contributed by atoms with E-state index in [-0.39, 0.29) is 5.92 Å². The largest absolute Gasteiger partial charge is 0.277 e. The first-order chi connectivity index (χ1) is 19.2. The number of hydrogen-bond donors (Lipinski definition) is 1. The number of imidazole rings is 1. The highest BCUT2D eigenvalue weighted by molar-refractivity contribution is 7.88. The quantitative estimate of drug-likeness (QED) is 0.232. The minimum atomic E-state index is -3.43. The van der Waals surface area contributed by atoms with Crippen LogP contribution in [0.25, 0.3) is 28.2 Å². The molecule has 1 N–H and O–H groups in total. The van der Waals surface area contributed by atoms with Gasteiger partial charge in [0.2, 0.25) is 10.0 Å². The Balaban J connectivity index is 1.44. The van der Waals surface area contributed by atoms with E-state index < -0.39 is 15.6 Å². The normalized spacial score (nSPS) is 19.6. The van der Waals surface area contributed by atoms with E-state index in [9.17, 15) is 8.42 Å². The van der Waals surface area contributed by atoms with Crippen LogP contribution in [0, 0.1) is 0 Å². The smallest absolute Gasteiger partial charge is 0.209 e. The van der Waals surface area contributed by atoms with Gasteiger partial charge < -0.3 is 0 Å². The van der Waals surface area contributed by atoms with Gasteiger partial charge in [0.25, 0.3) is 0 Å². The first-order valence-corrected chi connectivity index (χ1v) is 15.7. The van der Waals surface area contributed by atoms with Gasteiger partial charge >= 0.3 is 0 Å². The van der Waals surface area contributed by atoms with E-state index in [2.05, 4.69) is 9.71 Å². The summed E-state index contributed by atoms with van der Waals surface area (Å²) in [5.41, 5.74) is 4.19. The van der Waals surface area contributed by atoms with Gasteiger partial charge in [-0.1, -0.05) is 65.7 Å². The average Bonchev–Trinajstić information content (AvgIpc) is 3.33. The Labute approximate surface area is 243 Å². The van der Waals surface area contributed by atoms with Gasteiger partial charge in [-0.15, -0.1) is 0 Å². The lowest BCUT2D eigenvalue weighted by Crippen LogP contribution is -2.47. The third kappa shape index (κ3) is 5.12. The Morgan fingerprint density at radius 3 is 2.25 bits per heavy atom. The highest BCUT2D eigenvalue weighted by Gasteiger charge is 2.40. The van der Waals surface area contributed by atoms with E-state index in [1.165, 1.54) is 6.26 Å². The van der Waals surface area contributed by atoms with Gasteiger partial charge in [0.1, 0.15) is 17.7 Å². The first kappa shape index (κ1) is 26.9. The molecular weight excluding hydrogens is 565 g/mol. The second-order valence-electron chi connectivity index (χ2n) is 10.3. The van der Waals surface area contributed by atoms with Crippen LogP contribution in [0.2, 0.25) is 10.0 Å². The van der Waals surface area contributed by atoms with Gasteiger partial charge in [-0.2, -0.15) is 0 Å². The van der Waals surface area contributed by atoms with Crippen molar-refractivity contribution in [3.05, 3.63) is 106 Å². The molecule has 0 amide bonds. The number of rotatable bonds is 6.